The highest BCUT2D eigenvalue weighted by molar-refractivity contribution is 7.80. The van der Waals surface area contributed by atoms with Crippen LogP contribution in [0.2, 0.25) is 0 Å². The molecule has 1 aromatic rings. The summed E-state index contributed by atoms with van der Waals surface area (Å²) >= 11 is 5.04. The Balaban J connectivity index is 2.10. The van der Waals surface area contributed by atoms with Crippen LogP contribution in [0.25, 0.3) is 6.08 Å². The lowest BCUT2D eigenvalue weighted by Gasteiger charge is -2.07. The van der Waals surface area contributed by atoms with E-state index in [9.17, 15) is 4.79 Å². The third-order valence-corrected chi connectivity index (χ3v) is 2.99. The average molecular weight is 294 g/mol. The predicted octanol–water partition coefficient (Wildman–Crippen LogP) is 3.25. The molecule has 0 spiro atoms. The van der Waals surface area contributed by atoms with Crippen molar-refractivity contribution < 1.29 is 9.21 Å². The molecule has 2 N–H and O–H groups in total. The Morgan fingerprint density at radius 3 is 2.85 bits per heavy atom. The summed E-state index contributed by atoms with van der Waals surface area (Å²) in [7, 11) is 0. The maximum absolute atomic E-state index is 11.6. The Hall–Kier alpha value is -1.62. The zero-order chi connectivity index (χ0) is 14.6. The predicted molar refractivity (Wildman–Crippen MR) is 85.2 cm³/mol. The van der Waals surface area contributed by atoms with Gasteiger partial charge in [-0.25, -0.2) is 0 Å². The number of thiocarbonyl (C=S) groups is 1. The van der Waals surface area contributed by atoms with Crippen molar-refractivity contribution in [2.45, 2.75) is 39.0 Å². The molecule has 20 heavy (non-hydrogen) atoms. The second-order valence-electron chi connectivity index (χ2n) is 4.51. The minimum absolute atomic E-state index is 0.259. The van der Waals surface area contributed by atoms with Gasteiger partial charge >= 0.3 is 0 Å². The summed E-state index contributed by atoms with van der Waals surface area (Å²) in [5.74, 6) is 0.375. The first kappa shape index (κ1) is 16.4. The van der Waals surface area contributed by atoms with Gasteiger partial charge in [0, 0.05) is 12.6 Å². The second kappa shape index (κ2) is 10.2. The molecule has 0 radical (unpaired) electrons. The Labute approximate surface area is 125 Å². The van der Waals surface area contributed by atoms with E-state index in [1.54, 1.807) is 24.5 Å². The van der Waals surface area contributed by atoms with E-state index < -0.39 is 0 Å². The highest BCUT2D eigenvalue weighted by Crippen LogP contribution is 2.02. The van der Waals surface area contributed by atoms with E-state index in [0.717, 1.165) is 13.0 Å². The van der Waals surface area contributed by atoms with Gasteiger partial charge in [0.2, 0.25) is 5.91 Å². The van der Waals surface area contributed by atoms with E-state index in [1.165, 1.54) is 31.8 Å². The second-order valence-corrected chi connectivity index (χ2v) is 4.92. The summed E-state index contributed by atoms with van der Waals surface area (Å²) in [6, 6.07) is 3.54. The lowest BCUT2D eigenvalue weighted by molar-refractivity contribution is -0.115. The molecule has 0 saturated heterocycles. The molecule has 0 aromatic carbocycles. The van der Waals surface area contributed by atoms with Crippen LogP contribution in [-0.2, 0) is 4.79 Å². The molecule has 1 rings (SSSR count). The van der Waals surface area contributed by atoms with Crippen LogP contribution in [0.3, 0.4) is 0 Å². The minimum Gasteiger partial charge on any atom is -0.465 e. The third kappa shape index (κ3) is 7.74. The van der Waals surface area contributed by atoms with Crippen LogP contribution in [0, 0.1) is 0 Å². The van der Waals surface area contributed by atoms with Gasteiger partial charge in [-0.15, -0.1) is 0 Å². The van der Waals surface area contributed by atoms with Gasteiger partial charge in [0.25, 0.3) is 0 Å². The largest absolute Gasteiger partial charge is 0.465 e. The molecule has 0 aliphatic heterocycles. The molecule has 0 atom stereocenters. The van der Waals surface area contributed by atoms with Crippen LogP contribution in [0.15, 0.2) is 28.9 Å². The van der Waals surface area contributed by atoms with E-state index >= 15 is 0 Å². The Morgan fingerprint density at radius 1 is 1.35 bits per heavy atom. The van der Waals surface area contributed by atoms with Crippen molar-refractivity contribution >= 4 is 29.3 Å². The molecule has 1 heterocycles. The van der Waals surface area contributed by atoms with Crippen molar-refractivity contribution in [3.05, 3.63) is 30.2 Å². The first-order valence-electron chi connectivity index (χ1n) is 7.02. The number of hydrogen-bond acceptors (Lipinski definition) is 3. The van der Waals surface area contributed by atoms with Crippen molar-refractivity contribution in [2.75, 3.05) is 6.54 Å². The average Bonchev–Trinajstić information content (AvgIpc) is 2.93. The van der Waals surface area contributed by atoms with Crippen LogP contribution in [0.4, 0.5) is 0 Å². The van der Waals surface area contributed by atoms with Gasteiger partial charge in [-0.3, -0.25) is 10.1 Å². The number of carbonyl (C=O) groups excluding carboxylic acids is 1. The molecule has 110 valence electrons. The summed E-state index contributed by atoms with van der Waals surface area (Å²) in [6.07, 6.45) is 10.6. The molecule has 5 heteroatoms. The van der Waals surface area contributed by atoms with Gasteiger partial charge in [-0.05, 0) is 36.8 Å². The summed E-state index contributed by atoms with van der Waals surface area (Å²) in [5, 5.41) is 5.99. The van der Waals surface area contributed by atoms with Gasteiger partial charge in [-0.2, -0.15) is 0 Å². The first-order valence-corrected chi connectivity index (χ1v) is 7.43. The van der Waals surface area contributed by atoms with Crippen molar-refractivity contribution in [1.29, 1.82) is 0 Å². The van der Waals surface area contributed by atoms with E-state index in [-0.39, 0.29) is 5.91 Å². The summed E-state index contributed by atoms with van der Waals surface area (Å²) < 4.78 is 5.09. The fourth-order valence-corrected chi connectivity index (χ4v) is 1.87. The smallest absolute Gasteiger partial charge is 0.250 e. The number of carbonyl (C=O) groups is 1. The SMILES string of the molecule is CCCCCCCNC(=S)NC(=O)/C=C/c1ccco1. The maximum Gasteiger partial charge on any atom is 0.250 e. The highest BCUT2D eigenvalue weighted by Gasteiger charge is 2.00. The van der Waals surface area contributed by atoms with Gasteiger partial charge in [-0.1, -0.05) is 32.6 Å². The monoisotopic (exact) mass is 294 g/mol. The van der Waals surface area contributed by atoms with Crippen LogP contribution in [0.1, 0.15) is 44.8 Å². The molecule has 0 saturated carbocycles. The van der Waals surface area contributed by atoms with Gasteiger partial charge in [0.05, 0.1) is 6.26 Å². The molecule has 4 nitrogen and oxygen atoms in total. The van der Waals surface area contributed by atoms with Crippen LogP contribution in [-0.4, -0.2) is 17.6 Å². The number of hydrogen-bond donors (Lipinski definition) is 2. The number of unbranched alkanes of at least 4 members (excludes halogenated alkanes) is 4. The Bertz CT molecular complexity index is 427. The minimum atomic E-state index is -0.259. The zero-order valence-electron chi connectivity index (χ0n) is 11.9. The van der Waals surface area contributed by atoms with E-state index in [1.807, 2.05) is 0 Å². The van der Waals surface area contributed by atoms with Gasteiger partial charge in [0.1, 0.15) is 5.76 Å². The maximum atomic E-state index is 11.6. The van der Waals surface area contributed by atoms with Gasteiger partial charge in [0.15, 0.2) is 5.11 Å². The highest BCUT2D eigenvalue weighted by atomic mass is 32.1. The molecule has 0 aliphatic rings. The molecule has 0 unspecified atom stereocenters. The fraction of sp³-hybridized carbons (Fsp3) is 0.467. The number of amides is 1. The zero-order valence-corrected chi connectivity index (χ0v) is 12.7. The number of rotatable bonds is 8. The van der Waals surface area contributed by atoms with Gasteiger partial charge < -0.3 is 9.73 Å². The summed E-state index contributed by atoms with van der Waals surface area (Å²) in [6.45, 7) is 2.99. The van der Waals surface area contributed by atoms with Crippen molar-refractivity contribution in [3.63, 3.8) is 0 Å². The van der Waals surface area contributed by atoms with Crippen LogP contribution >= 0.6 is 12.2 Å². The van der Waals surface area contributed by atoms with Crippen molar-refractivity contribution in [2.24, 2.45) is 0 Å². The molecule has 0 aliphatic carbocycles. The standard InChI is InChI=1S/C15H22N2O2S/c1-2-3-4-5-6-11-16-15(20)17-14(18)10-9-13-8-7-12-19-13/h7-10,12H,2-6,11H2,1H3,(H2,16,17,18,20)/b10-9+. The van der Waals surface area contributed by atoms with E-state index in [2.05, 4.69) is 17.6 Å². The van der Waals surface area contributed by atoms with Crippen LogP contribution in [0.5, 0.6) is 0 Å². The molecule has 1 amide bonds. The molecule has 0 bridgehead atoms. The molecule has 0 fully saturated rings. The van der Waals surface area contributed by atoms with Crippen LogP contribution < -0.4 is 10.6 Å². The van der Waals surface area contributed by atoms with Crippen molar-refractivity contribution in [1.82, 2.24) is 10.6 Å². The quantitative estimate of drug-likeness (QED) is 0.439. The lowest BCUT2D eigenvalue weighted by atomic mass is 10.1. The third-order valence-electron chi connectivity index (χ3n) is 2.74. The number of furan rings is 1. The molecule has 1 aromatic heterocycles. The molecular weight excluding hydrogens is 272 g/mol. The number of nitrogens with one attached hydrogen (secondary N) is 2. The topological polar surface area (TPSA) is 54.3 Å². The molecular formula is C15H22N2O2S. The summed E-state index contributed by atoms with van der Waals surface area (Å²) in [4.78, 5) is 11.6. The van der Waals surface area contributed by atoms with E-state index in [0.29, 0.717) is 10.9 Å². The Kier molecular flexibility index (Phi) is 8.38. The Morgan fingerprint density at radius 2 is 2.15 bits per heavy atom. The fourth-order valence-electron chi connectivity index (χ4n) is 1.67. The summed E-state index contributed by atoms with van der Waals surface area (Å²) in [5.41, 5.74) is 0. The normalized spacial score (nSPS) is 10.7. The first-order chi connectivity index (χ1) is 9.72. The van der Waals surface area contributed by atoms with Crippen molar-refractivity contribution in [3.8, 4) is 0 Å². The van der Waals surface area contributed by atoms with E-state index in [4.69, 9.17) is 16.6 Å². The lowest BCUT2D eigenvalue weighted by Crippen LogP contribution is -2.38.